The van der Waals surface area contributed by atoms with Gasteiger partial charge in [0.05, 0.1) is 5.54 Å². The summed E-state index contributed by atoms with van der Waals surface area (Å²) in [5.74, 6) is 0.698. The number of amides is 1. The quantitative estimate of drug-likeness (QED) is 0.648. The SMILES string of the molecule is Cc1ccc(OCCN(C)C)cc1C(=O)NC1(c2cccc3ccccc23)CC1. The summed E-state index contributed by atoms with van der Waals surface area (Å²) in [7, 11) is 4.03. The van der Waals surface area contributed by atoms with Crippen molar-refractivity contribution in [3.05, 3.63) is 77.4 Å². The van der Waals surface area contributed by atoms with Gasteiger partial charge in [0.1, 0.15) is 12.4 Å². The highest BCUT2D eigenvalue weighted by Gasteiger charge is 2.46. The fraction of sp³-hybridized carbons (Fsp3) is 0.320. The molecule has 3 aromatic carbocycles. The van der Waals surface area contributed by atoms with Crippen LogP contribution in [0.4, 0.5) is 0 Å². The number of carbonyl (C=O) groups is 1. The van der Waals surface area contributed by atoms with Gasteiger partial charge in [-0.25, -0.2) is 0 Å². The lowest BCUT2D eigenvalue weighted by Gasteiger charge is -2.21. The number of hydrogen-bond donors (Lipinski definition) is 1. The molecule has 0 spiro atoms. The van der Waals surface area contributed by atoms with Gasteiger partial charge in [0.15, 0.2) is 0 Å². The van der Waals surface area contributed by atoms with E-state index in [0.717, 1.165) is 30.7 Å². The van der Waals surface area contributed by atoms with E-state index in [-0.39, 0.29) is 11.4 Å². The van der Waals surface area contributed by atoms with E-state index in [9.17, 15) is 4.79 Å². The number of fused-ring (bicyclic) bond motifs is 1. The highest BCUT2D eigenvalue weighted by atomic mass is 16.5. The average Bonchev–Trinajstić information content (AvgIpc) is 3.49. The van der Waals surface area contributed by atoms with Crippen molar-refractivity contribution < 1.29 is 9.53 Å². The Balaban J connectivity index is 1.56. The monoisotopic (exact) mass is 388 g/mol. The second-order valence-corrected chi connectivity index (χ2v) is 8.19. The minimum Gasteiger partial charge on any atom is -0.492 e. The Hall–Kier alpha value is -2.85. The minimum absolute atomic E-state index is 0.0361. The number of hydrogen-bond acceptors (Lipinski definition) is 3. The van der Waals surface area contributed by atoms with E-state index in [1.54, 1.807) is 0 Å². The maximum absolute atomic E-state index is 13.2. The van der Waals surface area contributed by atoms with E-state index < -0.39 is 0 Å². The smallest absolute Gasteiger partial charge is 0.252 e. The van der Waals surface area contributed by atoms with Crippen molar-refractivity contribution in [3.8, 4) is 5.75 Å². The molecule has 1 amide bonds. The topological polar surface area (TPSA) is 41.6 Å². The molecule has 0 saturated heterocycles. The van der Waals surface area contributed by atoms with Crippen molar-refractivity contribution in [1.29, 1.82) is 0 Å². The van der Waals surface area contributed by atoms with Crippen LogP contribution in [0.5, 0.6) is 5.75 Å². The molecule has 4 nitrogen and oxygen atoms in total. The third-order valence-corrected chi connectivity index (χ3v) is 5.67. The third-order valence-electron chi connectivity index (χ3n) is 5.67. The number of nitrogens with zero attached hydrogens (tertiary/aromatic N) is 1. The molecule has 0 atom stereocenters. The van der Waals surface area contributed by atoms with Gasteiger partial charge in [-0.05, 0) is 67.9 Å². The van der Waals surface area contributed by atoms with Gasteiger partial charge in [-0.15, -0.1) is 0 Å². The van der Waals surface area contributed by atoms with Gasteiger partial charge in [-0.3, -0.25) is 4.79 Å². The van der Waals surface area contributed by atoms with Crippen molar-refractivity contribution in [2.24, 2.45) is 0 Å². The van der Waals surface area contributed by atoms with Crippen LogP contribution >= 0.6 is 0 Å². The van der Waals surface area contributed by atoms with Gasteiger partial charge < -0.3 is 15.0 Å². The van der Waals surface area contributed by atoms with Crippen LogP contribution in [-0.2, 0) is 5.54 Å². The van der Waals surface area contributed by atoms with Crippen LogP contribution in [0.15, 0.2) is 60.7 Å². The Morgan fingerprint density at radius 2 is 1.83 bits per heavy atom. The number of benzene rings is 3. The zero-order valence-corrected chi connectivity index (χ0v) is 17.4. The van der Waals surface area contributed by atoms with E-state index in [1.165, 1.54) is 16.3 Å². The predicted molar refractivity (Wildman–Crippen MR) is 118 cm³/mol. The molecule has 0 unspecified atom stereocenters. The average molecular weight is 389 g/mol. The summed E-state index contributed by atoms with van der Waals surface area (Å²) in [6.45, 7) is 3.40. The van der Waals surface area contributed by atoms with Crippen LogP contribution in [0.25, 0.3) is 10.8 Å². The van der Waals surface area contributed by atoms with Crippen molar-refractivity contribution in [3.63, 3.8) is 0 Å². The maximum Gasteiger partial charge on any atom is 0.252 e. The van der Waals surface area contributed by atoms with E-state index in [1.807, 2.05) is 39.2 Å². The lowest BCUT2D eigenvalue weighted by molar-refractivity contribution is 0.0930. The van der Waals surface area contributed by atoms with Gasteiger partial charge in [0, 0.05) is 12.1 Å². The molecule has 1 aliphatic carbocycles. The van der Waals surface area contributed by atoms with E-state index >= 15 is 0 Å². The van der Waals surface area contributed by atoms with E-state index in [2.05, 4.69) is 52.7 Å². The van der Waals surface area contributed by atoms with E-state index in [4.69, 9.17) is 4.74 Å². The summed E-state index contributed by atoms with van der Waals surface area (Å²) < 4.78 is 5.83. The van der Waals surface area contributed by atoms with Crippen LogP contribution in [0, 0.1) is 6.92 Å². The predicted octanol–water partition coefficient (Wildman–Crippen LogP) is 4.51. The molecule has 0 radical (unpaired) electrons. The Morgan fingerprint density at radius 3 is 2.59 bits per heavy atom. The molecular weight excluding hydrogens is 360 g/mol. The summed E-state index contributed by atoms with van der Waals surface area (Å²) >= 11 is 0. The number of carbonyl (C=O) groups excluding carboxylic acids is 1. The van der Waals surface area contributed by atoms with Crippen LogP contribution < -0.4 is 10.1 Å². The number of likely N-dealkylation sites (N-methyl/N-ethyl adjacent to an activating group) is 1. The molecular formula is C25H28N2O2. The van der Waals surface area contributed by atoms with Gasteiger partial charge in [-0.1, -0.05) is 48.5 Å². The highest BCUT2D eigenvalue weighted by molar-refractivity contribution is 5.97. The van der Waals surface area contributed by atoms with Gasteiger partial charge in [0.2, 0.25) is 0 Å². The fourth-order valence-corrected chi connectivity index (χ4v) is 3.80. The van der Waals surface area contributed by atoms with Crippen molar-refractivity contribution in [2.75, 3.05) is 27.2 Å². The van der Waals surface area contributed by atoms with Gasteiger partial charge >= 0.3 is 0 Å². The van der Waals surface area contributed by atoms with Crippen LogP contribution in [0.2, 0.25) is 0 Å². The standard InChI is InChI=1S/C25H28N2O2/c1-18-11-12-20(29-16-15-27(2)3)17-22(18)24(28)26-25(13-14-25)23-10-6-8-19-7-4-5-9-21(19)23/h4-12,17H,13-16H2,1-3H3,(H,26,28). The number of aryl methyl sites for hydroxylation is 1. The van der Waals surface area contributed by atoms with Crippen LogP contribution in [0.3, 0.4) is 0 Å². The molecule has 1 aliphatic rings. The van der Waals surface area contributed by atoms with E-state index in [0.29, 0.717) is 12.2 Å². The van der Waals surface area contributed by atoms with Crippen LogP contribution in [-0.4, -0.2) is 38.1 Å². The minimum atomic E-state index is -0.272. The van der Waals surface area contributed by atoms with Crippen molar-refractivity contribution in [1.82, 2.24) is 10.2 Å². The van der Waals surface area contributed by atoms with Crippen LogP contribution in [0.1, 0.15) is 34.3 Å². The normalized spacial score (nSPS) is 14.8. The molecule has 3 aromatic rings. The molecule has 0 aromatic heterocycles. The first-order valence-electron chi connectivity index (χ1n) is 10.2. The summed E-state index contributed by atoms with van der Waals surface area (Å²) in [4.78, 5) is 15.3. The molecule has 4 heteroatoms. The van der Waals surface area contributed by atoms with Crippen molar-refractivity contribution in [2.45, 2.75) is 25.3 Å². The number of nitrogens with one attached hydrogen (secondary N) is 1. The summed E-state index contributed by atoms with van der Waals surface area (Å²) in [5.41, 5.74) is 2.57. The molecule has 29 heavy (non-hydrogen) atoms. The van der Waals surface area contributed by atoms with Crippen molar-refractivity contribution >= 4 is 16.7 Å². The molecule has 1 fully saturated rings. The zero-order valence-electron chi connectivity index (χ0n) is 17.4. The molecule has 1 saturated carbocycles. The zero-order chi connectivity index (χ0) is 20.4. The molecule has 0 bridgehead atoms. The maximum atomic E-state index is 13.2. The molecule has 0 heterocycles. The Bertz CT molecular complexity index is 1030. The lowest BCUT2D eigenvalue weighted by atomic mass is 9.96. The summed E-state index contributed by atoms with van der Waals surface area (Å²) in [5, 5.41) is 5.75. The Kier molecular flexibility index (Phi) is 5.29. The molecule has 4 rings (SSSR count). The number of ether oxygens (including phenoxy) is 1. The molecule has 0 aliphatic heterocycles. The lowest BCUT2D eigenvalue weighted by Crippen LogP contribution is -2.35. The largest absolute Gasteiger partial charge is 0.492 e. The van der Waals surface area contributed by atoms with Gasteiger partial charge in [0.25, 0.3) is 5.91 Å². The highest BCUT2D eigenvalue weighted by Crippen LogP contribution is 2.48. The second kappa shape index (κ2) is 7.88. The first kappa shape index (κ1) is 19.5. The third kappa shape index (κ3) is 4.13. The summed E-state index contributed by atoms with van der Waals surface area (Å²) in [6, 6.07) is 20.5. The molecule has 1 N–H and O–H groups in total. The summed E-state index contributed by atoms with van der Waals surface area (Å²) in [6.07, 6.45) is 1.93. The Labute approximate surface area is 172 Å². The number of rotatable bonds is 7. The first-order chi connectivity index (χ1) is 14.0. The second-order valence-electron chi connectivity index (χ2n) is 8.19. The van der Waals surface area contributed by atoms with Gasteiger partial charge in [-0.2, -0.15) is 0 Å². The Morgan fingerprint density at radius 1 is 1.07 bits per heavy atom. The molecule has 150 valence electrons. The first-order valence-corrected chi connectivity index (χ1v) is 10.2. The fourth-order valence-electron chi connectivity index (χ4n) is 3.80.